The number of hydrogen-bond donors (Lipinski definition) is 0. The Bertz CT molecular complexity index is 1540. The van der Waals surface area contributed by atoms with Crippen LogP contribution in [-0.4, -0.2) is 67.1 Å². The molecule has 0 saturated carbocycles. The minimum Gasteiger partial charge on any atom is -0.493 e. The molecular weight excluding hydrogens is 562 g/mol. The largest absolute Gasteiger partial charge is 0.493 e. The lowest BCUT2D eigenvalue weighted by Crippen LogP contribution is -2.11. The quantitative estimate of drug-likeness (QED) is 0.165. The van der Waals surface area contributed by atoms with Crippen molar-refractivity contribution in [1.82, 2.24) is 0 Å². The number of benzene rings is 3. The summed E-state index contributed by atoms with van der Waals surface area (Å²) in [5, 5.41) is 0. The zero-order chi connectivity index (χ0) is 31.1. The third-order valence-electron chi connectivity index (χ3n) is 6.21. The van der Waals surface area contributed by atoms with E-state index in [1.165, 1.54) is 60.9 Å². The summed E-state index contributed by atoms with van der Waals surface area (Å²) in [7, 11) is 8.82. The first-order valence-electron chi connectivity index (χ1n) is 12.9. The van der Waals surface area contributed by atoms with Gasteiger partial charge in [0.25, 0.3) is 0 Å². The van der Waals surface area contributed by atoms with E-state index in [9.17, 15) is 9.59 Å². The van der Waals surface area contributed by atoms with Gasteiger partial charge in [-0.15, -0.1) is 0 Å². The van der Waals surface area contributed by atoms with E-state index >= 15 is 0 Å². The number of methoxy groups -OCH3 is 6. The van der Waals surface area contributed by atoms with Crippen molar-refractivity contribution >= 4 is 23.9 Å². The molecule has 1 aliphatic heterocycles. The molecule has 0 N–H and O–H groups in total. The number of carbonyl (C=O) groups excluding carboxylic acids is 2. The molecule has 226 valence electrons. The molecule has 1 aliphatic rings. The van der Waals surface area contributed by atoms with Crippen molar-refractivity contribution in [3.63, 3.8) is 0 Å². The zero-order valence-electron chi connectivity index (χ0n) is 24.8. The number of carbonyl (C=O) groups is 2. The average Bonchev–Trinajstić information content (AvgIpc) is 3.40. The Morgan fingerprint density at radius 1 is 0.744 bits per heavy atom. The molecule has 0 bridgehead atoms. The molecule has 4 rings (SSSR count). The molecule has 0 amide bonds. The molecule has 0 aliphatic carbocycles. The fourth-order valence-corrected chi connectivity index (χ4v) is 4.22. The van der Waals surface area contributed by atoms with E-state index in [1.807, 2.05) is 0 Å². The van der Waals surface area contributed by atoms with Gasteiger partial charge in [0.15, 0.2) is 40.2 Å². The van der Waals surface area contributed by atoms with Crippen molar-refractivity contribution in [3.05, 3.63) is 64.9 Å². The SMILES string of the molecule is CCOc1cc(/C=C2/N=C(c3cc(OC)c(OC)c(OC)c3)OC2=O)ccc1OC(=O)c1cc(OC)c(OC)c(OC)c1. The molecule has 12 nitrogen and oxygen atoms in total. The van der Waals surface area contributed by atoms with Gasteiger partial charge >= 0.3 is 11.9 Å². The summed E-state index contributed by atoms with van der Waals surface area (Å²) < 4.78 is 48.9. The number of aliphatic imine (C=N–C) groups is 1. The molecule has 0 spiro atoms. The summed E-state index contributed by atoms with van der Waals surface area (Å²) in [6.07, 6.45) is 1.53. The van der Waals surface area contributed by atoms with E-state index in [0.29, 0.717) is 52.2 Å². The minimum absolute atomic E-state index is 0.0494. The van der Waals surface area contributed by atoms with Crippen LogP contribution in [0.2, 0.25) is 0 Å². The average molecular weight is 594 g/mol. The van der Waals surface area contributed by atoms with Crippen LogP contribution in [0.5, 0.6) is 46.0 Å². The van der Waals surface area contributed by atoms with Crippen LogP contribution in [0, 0.1) is 0 Å². The van der Waals surface area contributed by atoms with Gasteiger partial charge in [-0.1, -0.05) is 6.07 Å². The molecule has 3 aromatic rings. The number of ether oxygens (including phenoxy) is 9. The van der Waals surface area contributed by atoms with Gasteiger partial charge in [-0.2, -0.15) is 0 Å². The molecule has 43 heavy (non-hydrogen) atoms. The monoisotopic (exact) mass is 593 g/mol. The second-order valence-electron chi connectivity index (χ2n) is 8.69. The van der Waals surface area contributed by atoms with E-state index in [2.05, 4.69) is 4.99 Å². The zero-order valence-corrected chi connectivity index (χ0v) is 24.8. The maximum Gasteiger partial charge on any atom is 0.363 e. The van der Waals surface area contributed by atoms with Crippen LogP contribution in [-0.2, 0) is 9.53 Å². The highest BCUT2D eigenvalue weighted by Crippen LogP contribution is 2.40. The number of nitrogens with zero attached hydrogens (tertiary/aromatic N) is 1. The highest BCUT2D eigenvalue weighted by atomic mass is 16.6. The molecular formula is C31H31NO11. The summed E-state index contributed by atoms with van der Waals surface area (Å²) in [6, 6.07) is 11.0. The Kier molecular flexibility index (Phi) is 9.61. The predicted molar refractivity (Wildman–Crippen MR) is 155 cm³/mol. The molecule has 0 aromatic heterocycles. The Balaban J connectivity index is 1.63. The molecule has 0 radical (unpaired) electrons. The van der Waals surface area contributed by atoms with Crippen molar-refractivity contribution in [2.45, 2.75) is 6.92 Å². The first-order chi connectivity index (χ1) is 20.8. The van der Waals surface area contributed by atoms with E-state index in [0.717, 1.165) is 0 Å². The standard InChI is InChI=1S/C31H31NO11/c1-8-41-22-12-17(9-10-21(22)42-30(33)19-15-25(37-4)28(40-7)26(16-19)38-5)11-20-31(34)43-29(32-20)18-13-23(35-2)27(39-6)24(14-18)36-3/h9-16H,8H2,1-7H3/b20-11+. The van der Waals surface area contributed by atoms with Gasteiger partial charge in [0.05, 0.1) is 54.8 Å². The predicted octanol–water partition coefficient (Wildman–Crippen LogP) is 4.70. The summed E-state index contributed by atoms with van der Waals surface area (Å²) in [4.78, 5) is 30.1. The van der Waals surface area contributed by atoms with Crippen LogP contribution in [0.4, 0.5) is 0 Å². The van der Waals surface area contributed by atoms with Crippen LogP contribution in [0.25, 0.3) is 6.08 Å². The van der Waals surface area contributed by atoms with Gasteiger partial charge < -0.3 is 42.6 Å². The smallest absolute Gasteiger partial charge is 0.363 e. The maximum atomic E-state index is 13.1. The molecule has 3 aromatic carbocycles. The normalized spacial score (nSPS) is 13.1. The van der Waals surface area contributed by atoms with Gasteiger partial charge in [-0.25, -0.2) is 14.6 Å². The van der Waals surface area contributed by atoms with Gasteiger partial charge in [-0.3, -0.25) is 0 Å². The second kappa shape index (κ2) is 13.5. The third kappa shape index (κ3) is 6.43. The molecule has 0 atom stereocenters. The molecule has 1 heterocycles. The van der Waals surface area contributed by atoms with Crippen molar-refractivity contribution in [2.75, 3.05) is 49.3 Å². The number of esters is 2. The number of cyclic esters (lactones) is 1. The van der Waals surface area contributed by atoms with Crippen LogP contribution in [0.1, 0.15) is 28.4 Å². The van der Waals surface area contributed by atoms with E-state index in [1.54, 1.807) is 37.3 Å². The Hall–Kier alpha value is -5.39. The molecule has 0 fully saturated rings. The first-order valence-corrected chi connectivity index (χ1v) is 12.9. The van der Waals surface area contributed by atoms with Crippen LogP contribution < -0.4 is 37.9 Å². The molecule has 0 saturated heterocycles. The lowest BCUT2D eigenvalue weighted by molar-refractivity contribution is -0.129. The Morgan fingerprint density at radius 2 is 1.30 bits per heavy atom. The summed E-state index contributed by atoms with van der Waals surface area (Å²) in [5.41, 5.74) is 1.23. The fourth-order valence-electron chi connectivity index (χ4n) is 4.22. The topological polar surface area (TPSA) is 130 Å². The molecule has 12 heteroatoms. The summed E-state index contributed by atoms with van der Waals surface area (Å²) in [6.45, 7) is 2.08. The van der Waals surface area contributed by atoms with Crippen molar-refractivity contribution in [2.24, 2.45) is 4.99 Å². The highest BCUT2D eigenvalue weighted by Gasteiger charge is 2.27. The highest BCUT2D eigenvalue weighted by molar-refractivity contribution is 6.13. The molecule has 0 unspecified atom stereocenters. The summed E-state index contributed by atoms with van der Waals surface area (Å²) >= 11 is 0. The number of rotatable bonds is 12. The first kappa shape index (κ1) is 30.6. The Morgan fingerprint density at radius 3 is 1.81 bits per heavy atom. The number of hydrogen-bond acceptors (Lipinski definition) is 12. The van der Waals surface area contributed by atoms with Gasteiger partial charge in [0.2, 0.25) is 17.4 Å². The summed E-state index contributed by atoms with van der Waals surface area (Å²) in [5.74, 6) is 1.28. The third-order valence-corrected chi connectivity index (χ3v) is 6.21. The maximum absolute atomic E-state index is 13.1. The fraction of sp³-hybridized carbons (Fsp3) is 0.258. The van der Waals surface area contributed by atoms with Crippen molar-refractivity contribution in [1.29, 1.82) is 0 Å². The van der Waals surface area contributed by atoms with Crippen molar-refractivity contribution < 1.29 is 52.2 Å². The lowest BCUT2D eigenvalue weighted by Gasteiger charge is -2.15. The van der Waals surface area contributed by atoms with Crippen LogP contribution >= 0.6 is 0 Å². The van der Waals surface area contributed by atoms with E-state index in [-0.39, 0.29) is 28.7 Å². The van der Waals surface area contributed by atoms with E-state index in [4.69, 9.17) is 42.6 Å². The van der Waals surface area contributed by atoms with Gasteiger partial charge in [-0.05, 0) is 55.0 Å². The minimum atomic E-state index is -0.676. The van der Waals surface area contributed by atoms with Crippen LogP contribution in [0.3, 0.4) is 0 Å². The van der Waals surface area contributed by atoms with Gasteiger partial charge in [0.1, 0.15) is 0 Å². The van der Waals surface area contributed by atoms with Crippen LogP contribution in [0.15, 0.2) is 53.2 Å². The lowest BCUT2D eigenvalue weighted by atomic mass is 10.1. The van der Waals surface area contributed by atoms with Gasteiger partial charge in [0, 0.05) is 5.56 Å². The second-order valence-corrected chi connectivity index (χ2v) is 8.69. The Labute approximate surface area is 248 Å². The van der Waals surface area contributed by atoms with E-state index < -0.39 is 11.9 Å². The van der Waals surface area contributed by atoms with Crippen molar-refractivity contribution in [3.8, 4) is 46.0 Å².